The van der Waals surface area contributed by atoms with E-state index >= 15 is 0 Å². The Labute approximate surface area is 202 Å². The minimum Gasteiger partial charge on any atom is -0.493 e. The minimum absolute atomic E-state index is 0.177. The summed E-state index contributed by atoms with van der Waals surface area (Å²) >= 11 is 0. The molecule has 0 unspecified atom stereocenters. The molecule has 0 bridgehead atoms. The molecule has 34 heavy (non-hydrogen) atoms. The molecule has 0 spiro atoms. The van der Waals surface area contributed by atoms with Crippen molar-refractivity contribution in [1.82, 2.24) is 14.9 Å². The Morgan fingerprint density at radius 1 is 0.941 bits per heavy atom. The van der Waals surface area contributed by atoms with Crippen molar-refractivity contribution in [1.29, 1.82) is 0 Å². The number of imidazole rings is 1. The molecule has 1 amide bonds. The average Bonchev–Trinajstić information content (AvgIpc) is 3.22. The van der Waals surface area contributed by atoms with Gasteiger partial charge in [0, 0.05) is 25.1 Å². The largest absolute Gasteiger partial charge is 0.493 e. The van der Waals surface area contributed by atoms with Crippen molar-refractivity contribution in [3.8, 4) is 17.2 Å². The highest BCUT2D eigenvalue weighted by Gasteiger charge is 2.17. The normalized spacial score (nSPS) is 10.9. The quantitative estimate of drug-likeness (QED) is 0.322. The van der Waals surface area contributed by atoms with Gasteiger partial charge in [-0.2, -0.15) is 0 Å². The Bertz CT molecular complexity index is 1050. The minimum atomic E-state index is -0.177. The van der Waals surface area contributed by atoms with Crippen LogP contribution in [0.2, 0.25) is 0 Å². The average molecular weight is 468 g/mol. The fourth-order valence-corrected chi connectivity index (χ4v) is 4.20. The molecule has 0 aliphatic carbocycles. The number of nitrogens with zero attached hydrogens (tertiary/aromatic N) is 2. The van der Waals surface area contributed by atoms with Gasteiger partial charge in [0.05, 0.1) is 32.4 Å². The molecule has 3 aromatic rings. The number of aromatic nitrogens is 2. The zero-order chi connectivity index (χ0) is 24.3. The summed E-state index contributed by atoms with van der Waals surface area (Å²) in [5.41, 5.74) is 2.69. The maximum atomic E-state index is 12.7. The molecule has 184 valence electrons. The van der Waals surface area contributed by atoms with E-state index in [0.29, 0.717) is 29.4 Å². The van der Waals surface area contributed by atoms with Crippen LogP contribution in [0.1, 0.15) is 61.6 Å². The number of nitrogens with one attached hydrogen (secondary N) is 1. The fraction of sp³-hybridized carbons (Fsp3) is 0.481. The molecular weight excluding hydrogens is 430 g/mol. The molecule has 0 atom stereocenters. The molecule has 2 aromatic carbocycles. The van der Waals surface area contributed by atoms with Gasteiger partial charge in [0.1, 0.15) is 5.82 Å². The van der Waals surface area contributed by atoms with Gasteiger partial charge >= 0.3 is 0 Å². The lowest BCUT2D eigenvalue weighted by molar-refractivity contribution is 0.0952. The topological polar surface area (TPSA) is 74.6 Å². The van der Waals surface area contributed by atoms with Gasteiger partial charge in [-0.05, 0) is 37.1 Å². The van der Waals surface area contributed by atoms with Crippen molar-refractivity contribution in [2.45, 2.75) is 58.4 Å². The molecule has 0 aliphatic heterocycles. The van der Waals surface area contributed by atoms with Gasteiger partial charge in [-0.15, -0.1) is 0 Å². The number of rotatable bonds is 14. The van der Waals surface area contributed by atoms with Crippen LogP contribution in [0.15, 0.2) is 36.4 Å². The lowest BCUT2D eigenvalue weighted by atomic mass is 10.1. The molecule has 1 heterocycles. The van der Waals surface area contributed by atoms with E-state index < -0.39 is 0 Å². The number of carbonyl (C=O) groups excluding carboxylic acids is 1. The number of ether oxygens (including phenoxy) is 3. The van der Waals surface area contributed by atoms with Gasteiger partial charge in [-0.25, -0.2) is 4.98 Å². The standard InChI is InChI=1S/C27H37N3O4/c1-5-6-7-8-11-17-30-22-14-10-9-13-21(22)29-25(30)15-12-16-28-27(31)20-18-23(32-2)26(34-4)24(19-20)33-3/h9-10,13-14,18-19H,5-8,11-12,15-17H2,1-4H3,(H,28,31). The molecule has 1 aromatic heterocycles. The SMILES string of the molecule is CCCCCCCn1c(CCCNC(=O)c2cc(OC)c(OC)c(OC)c2)nc2ccccc21. The first-order valence-corrected chi connectivity index (χ1v) is 12.1. The van der Waals surface area contributed by atoms with Crippen LogP contribution in [0, 0.1) is 0 Å². The maximum Gasteiger partial charge on any atom is 0.251 e. The van der Waals surface area contributed by atoms with Gasteiger partial charge in [0.25, 0.3) is 5.91 Å². The Morgan fingerprint density at radius 2 is 1.65 bits per heavy atom. The Balaban J connectivity index is 1.60. The highest BCUT2D eigenvalue weighted by Crippen LogP contribution is 2.38. The number of carbonyl (C=O) groups is 1. The summed E-state index contributed by atoms with van der Waals surface area (Å²) < 4.78 is 18.4. The number of benzene rings is 2. The zero-order valence-electron chi connectivity index (χ0n) is 20.9. The second-order valence-electron chi connectivity index (χ2n) is 8.36. The van der Waals surface area contributed by atoms with Crippen LogP contribution in [0.25, 0.3) is 11.0 Å². The van der Waals surface area contributed by atoms with Gasteiger partial charge in [0.2, 0.25) is 5.75 Å². The molecule has 1 N–H and O–H groups in total. The molecule has 3 rings (SSSR count). The summed E-state index contributed by atoms with van der Waals surface area (Å²) in [6, 6.07) is 11.6. The molecule has 0 aliphatic rings. The van der Waals surface area contributed by atoms with Gasteiger partial charge < -0.3 is 24.1 Å². The van der Waals surface area contributed by atoms with Crippen LogP contribution in [0.5, 0.6) is 17.2 Å². The number of fused-ring (bicyclic) bond motifs is 1. The number of amides is 1. The Morgan fingerprint density at radius 3 is 2.32 bits per heavy atom. The van der Waals surface area contributed by atoms with E-state index in [1.807, 2.05) is 6.07 Å². The van der Waals surface area contributed by atoms with Gasteiger partial charge in [-0.3, -0.25) is 4.79 Å². The van der Waals surface area contributed by atoms with Crippen LogP contribution in [0.3, 0.4) is 0 Å². The third-order valence-electron chi connectivity index (χ3n) is 6.01. The van der Waals surface area contributed by atoms with Crippen LogP contribution < -0.4 is 19.5 Å². The van der Waals surface area contributed by atoms with Crippen molar-refractivity contribution >= 4 is 16.9 Å². The molecule has 0 saturated carbocycles. The smallest absolute Gasteiger partial charge is 0.251 e. The van der Waals surface area contributed by atoms with Crippen LogP contribution >= 0.6 is 0 Å². The third-order valence-corrected chi connectivity index (χ3v) is 6.01. The number of methoxy groups -OCH3 is 3. The van der Waals surface area contributed by atoms with E-state index in [0.717, 1.165) is 37.1 Å². The summed E-state index contributed by atoms with van der Waals surface area (Å²) in [5, 5.41) is 3.00. The molecule has 0 saturated heterocycles. The van der Waals surface area contributed by atoms with Crippen molar-refractivity contribution in [2.24, 2.45) is 0 Å². The lowest BCUT2D eigenvalue weighted by Gasteiger charge is -2.14. The second-order valence-corrected chi connectivity index (χ2v) is 8.36. The van der Waals surface area contributed by atoms with E-state index in [-0.39, 0.29) is 5.91 Å². The second kappa shape index (κ2) is 12.9. The number of hydrogen-bond donors (Lipinski definition) is 1. The number of hydrogen-bond acceptors (Lipinski definition) is 5. The first-order valence-electron chi connectivity index (χ1n) is 12.1. The monoisotopic (exact) mass is 467 g/mol. The van der Waals surface area contributed by atoms with Crippen LogP contribution in [0.4, 0.5) is 0 Å². The van der Waals surface area contributed by atoms with E-state index in [2.05, 4.69) is 35.0 Å². The summed E-state index contributed by atoms with van der Waals surface area (Å²) in [6.45, 7) is 3.77. The maximum absolute atomic E-state index is 12.7. The highest BCUT2D eigenvalue weighted by molar-refractivity contribution is 5.95. The molecule has 7 heteroatoms. The predicted molar refractivity (Wildman–Crippen MR) is 135 cm³/mol. The van der Waals surface area contributed by atoms with Crippen molar-refractivity contribution in [3.63, 3.8) is 0 Å². The van der Waals surface area contributed by atoms with Gasteiger partial charge in [-0.1, -0.05) is 44.7 Å². The van der Waals surface area contributed by atoms with E-state index in [1.54, 1.807) is 19.2 Å². The van der Waals surface area contributed by atoms with E-state index in [1.165, 1.54) is 45.4 Å². The molecular formula is C27H37N3O4. The highest BCUT2D eigenvalue weighted by atomic mass is 16.5. The Hall–Kier alpha value is -3.22. The summed E-state index contributed by atoms with van der Waals surface area (Å²) in [7, 11) is 4.61. The summed E-state index contributed by atoms with van der Waals surface area (Å²) in [4.78, 5) is 17.6. The predicted octanol–water partition coefficient (Wildman–Crippen LogP) is 5.40. The van der Waals surface area contributed by atoms with Crippen molar-refractivity contribution in [3.05, 3.63) is 47.8 Å². The molecule has 0 radical (unpaired) electrons. The number of para-hydroxylation sites is 2. The summed E-state index contributed by atoms with van der Waals surface area (Å²) in [6.07, 6.45) is 7.83. The number of aryl methyl sites for hydroxylation is 2. The number of unbranched alkanes of at least 4 members (excludes halogenated alkanes) is 4. The first-order chi connectivity index (χ1) is 16.6. The Kier molecular flexibility index (Phi) is 9.62. The van der Waals surface area contributed by atoms with E-state index in [9.17, 15) is 4.79 Å². The van der Waals surface area contributed by atoms with Crippen LogP contribution in [-0.2, 0) is 13.0 Å². The van der Waals surface area contributed by atoms with E-state index in [4.69, 9.17) is 19.2 Å². The fourth-order valence-electron chi connectivity index (χ4n) is 4.20. The van der Waals surface area contributed by atoms with Crippen molar-refractivity contribution < 1.29 is 19.0 Å². The lowest BCUT2D eigenvalue weighted by Crippen LogP contribution is -2.25. The zero-order valence-corrected chi connectivity index (χ0v) is 20.9. The molecule has 0 fully saturated rings. The third kappa shape index (κ3) is 6.22. The van der Waals surface area contributed by atoms with Gasteiger partial charge in [0.15, 0.2) is 11.5 Å². The molecule has 7 nitrogen and oxygen atoms in total. The van der Waals surface area contributed by atoms with Crippen LogP contribution in [-0.4, -0.2) is 43.3 Å². The summed E-state index contributed by atoms with van der Waals surface area (Å²) in [5.74, 6) is 2.29. The first kappa shape index (κ1) is 25.4. The van der Waals surface area contributed by atoms with Crippen molar-refractivity contribution in [2.75, 3.05) is 27.9 Å².